The molecular weight excluding hydrogens is 174 g/mol. The number of rotatable bonds is 5. The maximum atomic E-state index is 6.02. The number of ether oxygens (including phenoxy) is 1. The van der Waals surface area contributed by atoms with Crippen LogP contribution in [0.4, 0.5) is 0 Å². The molecule has 84 valence electrons. The van der Waals surface area contributed by atoms with E-state index in [9.17, 15) is 0 Å². The fourth-order valence-corrected chi connectivity index (χ4v) is 2.63. The molecule has 0 aromatic rings. The molecule has 1 saturated carbocycles. The van der Waals surface area contributed by atoms with Gasteiger partial charge in [0.25, 0.3) is 0 Å². The third-order valence-electron chi connectivity index (χ3n) is 3.43. The molecule has 2 nitrogen and oxygen atoms in total. The second-order valence-electron chi connectivity index (χ2n) is 4.34. The van der Waals surface area contributed by atoms with Crippen molar-refractivity contribution in [2.24, 2.45) is 0 Å². The number of nitrogens with one attached hydrogen (secondary N) is 1. The van der Waals surface area contributed by atoms with Gasteiger partial charge in [0.05, 0.1) is 5.60 Å². The molecule has 0 aliphatic heterocycles. The summed E-state index contributed by atoms with van der Waals surface area (Å²) in [7, 11) is 0. The smallest absolute Gasteiger partial charge is 0.0831 e. The fraction of sp³-hybridized carbons (Fsp3) is 1.00. The van der Waals surface area contributed by atoms with Crippen LogP contribution in [0.5, 0.6) is 0 Å². The first-order valence-corrected chi connectivity index (χ1v) is 6.12. The zero-order chi connectivity index (χ0) is 10.4. The summed E-state index contributed by atoms with van der Waals surface area (Å²) in [6, 6.07) is 0.493. The molecule has 1 fully saturated rings. The second kappa shape index (κ2) is 5.72. The number of hydrogen-bond acceptors (Lipinski definition) is 2. The summed E-state index contributed by atoms with van der Waals surface area (Å²) in [6.45, 7) is 8.42. The lowest BCUT2D eigenvalue weighted by molar-refractivity contribution is -0.0855. The van der Waals surface area contributed by atoms with Crippen molar-refractivity contribution in [1.82, 2.24) is 5.32 Å². The maximum Gasteiger partial charge on any atom is 0.0831 e. The summed E-state index contributed by atoms with van der Waals surface area (Å²) in [5.74, 6) is 0. The van der Waals surface area contributed by atoms with Crippen molar-refractivity contribution in [2.75, 3.05) is 13.2 Å². The molecule has 0 radical (unpaired) electrons. The SMILES string of the molecule is CCNC(C)C1(OCC)CCCCC1. The van der Waals surface area contributed by atoms with E-state index >= 15 is 0 Å². The Balaban J connectivity index is 2.58. The normalized spacial score (nSPS) is 23.4. The van der Waals surface area contributed by atoms with Gasteiger partial charge in [0, 0.05) is 12.6 Å². The average molecular weight is 199 g/mol. The van der Waals surface area contributed by atoms with Crippen LogP contribution < -0.4 is 5.32 Å². The molecule has 0 aromatic heterocycles. The summed E-state index contributed by atoms with van der Waals surface area (Å²) < 4.78 is 6.02. The topological polar surface area (TPSA) is 21.3 Å². The highest BCUT2D eigenvalue weighted by Crippen LogP contribution is 2.34. The van der Waals surface area contributed by atoms with Crippen molar-refractivity contribution in [1.29, 1.82) is 0 Å². The highest BCUT2D eigenvalue weighted by molar-refractivity contribution is 4.93. The van der Waals surface area contributed by atoms with Gasteiger partial charge in [-0.2, -0.15) is 0 Å². The predicted octanol–water partition coefficient (Wildman–Crippen LogP) is 2.72. The van der Waals surface area contributed by atoms with E-state index in [0.717, 1.165) is 13.2 Å². The van der Waals surface area contributed by atoms with E-state index in [1.54, 1.807) is 0 Å². The molecule has 0 spiro atoms. The van der Waals surface area contributed by atoms with E-state index in [-0.39, 0.29) is 5.60 Å². The van der Waals surface area contributed by atoms with Crippen LogP contribution in [0.25, 0.3) is 0 Å². The van der Waals surface area contributed by atoms with Crippen LogP contribution in [0.1, 0.15) is 52.9 Å². The second-order valence-corrected chi connectivity index (χ2v) is 4.34. The zero-order valence-electron chi connectivity index (χ0n) is 9.94. The third-order valence-corrected chi connectivity index (χ3v) is 3.43. The maximum absolute atomic E-state index is 6.02. The van der Waals surface area contributed by atoms with Crippen LogP contribution in [0.3, 0.4) is 0 Å². The lowest BCUT2D eigenvalue weighted by atomic mass is 9.79. The van der Waals surface area contributed by atoms with E-state index in [1.165, 1.54) is 32.1 Å². The Morgan fingerprint density at radius 3 is 2.36 bits per heavy atom. The van der Waals surface area contributed by atoms with Crippen LogP contribution in [0.2, 0.25) is 0 Å². The van der Waals surface area contributed by atoms with E-state index in [1.807, 2.05) is 0 Å². The van der Waals surface area contributed by atoms with Crippen molar-refractivity contribution in [3.8, 4) is 0 Å². The molecule has 1 unspecified atom stereocenters. The lowest BCUT2D eigenvalue weighted by Gasteiger charge is -2.42. The third kappa shape index (κ3) is 2.71. The van der Waals surface area contributed by atoms with E-state index in [2.05, 4.69) is 26.1 Å². The van der Waals surface area contributed by atoms with Crippen molar-refractivity contribution in [2.45, 2.75) is 64.5 Å². The fourth-order valence-electron chi connectivity index (χ4n) is 2.63. The van der Waals surface area contributed by atoms with Crippen LogP contribution in [-0.4, -0.2) is 24.8 Å². The van der Waals surface area contributed by atoms with Gasteiger partial charge >= 0.3 is 0 Å². The minimum atomic E-state index is 0.128. The molecule has 1 aliphatic rings. The van der Waals surface area contributed by atoms with Crippen molar-refractivity contribution < 1.29 is 4.74 Å². The molecule has 1 aliphatic carbocycles. The largest absolute Gasteiger partial charge is 0.374 e. The van der Waals surface area contributed by atoms with Crippen molar-refractivity contribution in [3.05, 3.63) is 0 Å². The molecule has 0 amide bonds. The number of hydrogen-bond donors (Lipinski definition) is 1. The van der Waals surface area contributed by atoms with Gasteiger partial charge in [-0.1, -0.05) is 26.2 Å². The Kier molecular flexibility index (Phi) is 4.90. The van der Waals surface area contributed by atoms with Gasteiger partial charge in [-0.05, 0) is 33.2 Å². The Hall–Kier alpha value is -0.0800. The van der Waals surface area contributed by atoms with Crippen LogP contribution >= 0.6 is 0 Å². The summed E-state index contributed by atoms with van der Waals surface area (Å²) in [5, 5.41) is 3.52. The van der Waals surface area contributed by atoms with Gasteiger partial charge in [0.15, 0.2) is 0 Å². The van der Waals surface area contributed by atoms with Gasteiger partial charge in [-0.25, -0.2) is 0 Å². The Morgan fingerprint density at radius 2 is 1.86 bits per heavy atom. The lowest BCUT2D eigenvalue weighted by Crippen LogP contribution is -2.52. The van der Waals surface area contributed by atoms with Gasteiger partial charge in [-0.3, -0.25) is 0 Å². The van der Waals surface area contributed by atoms with E-state index in [4.69, 9.17) is 4.74 Å². The molecule has 1 rings (SSSR count). The molecule has 2 heteroatoms. The first kappa shape index (κ1) is 12.0. The molecular formula is C12H25NO. The number of likely N-dealkylation sites (N-methyl/N-ethyl adjacent to an activating group) is 1. The van der Waals surface area contributed by atoms with Crippen LogP contribution in [0, 0.1) is 0 Å². The minimum absolute atomic E-state index is 0.128. The Labute approximate surface area is 88.4 Å². The predicted molar refractivity (Wildman–Crippen MR) is 60.6 cm³/mol. The first-order valence-electron chi connectivity index (χ1n) is 6.12. The molecule has 14 heavy (non-hydrogen) atoms. The summed E-state index contributed by atoms with van der Waals surface area (Å²) in [6.07, 6.45) is 6.50. The van der Waals surface area contributed by atoms with Gasteiger partial charge in [-0.15, -0.1) is 0 Å². The molecule has 1 atom stereocenters. The van der Waals surface area contributed by atoms with Gasteiger partial charge < -0.3 is 10.1 Å². The highest BCUT2D eigenvalue weighted by atomic mass is 16.5. The quantitative estimate of drug-likeness (QED) is 0.735. The van der Waals surface area contributed by atoms with Gasteiger partial charge in [0.2, 0.25) is 0 Å². The Morgan fingerprint density at radius 1 is 1.21 bits per heavy atom. The summed E-state index contributed by atoms with van der Waals surface area (Å²) in [4.78, 5) is 0. The molecule has 1 N–H and O–H groups in total. The van der Waals surface area contributed by atoms with E-state index in [0.29, 0.717) is 6.04 Å². The standard InChI is InChI=1S/C12H25NO/c1-4-13-11(3)12(14-5-2)9-7-6-8-10-12/h11,13H,4-10H2,1-3H3. The molecule has 0 bridgehead atoms. The molecule has 0 heterocycles. The average Bonchev–Trinajstić information content (AvgIpc) is 2.20. The minimum Gasteiger partial charge on any atom is -0.374 e. The first-order chi connectivity index (χ1) is 6.75. The summed E-state index contributed by atoms with van der Waals surface area (Å²) >= 11 is 0. The Bertz CT molecular complexity index is 147. The van der Waals surface area contributed by atoms with Crippen LogP contribution in [0.15, 0.2) is 0 Å². The molecule has 0 aromatic carbocycles. The van der Waals surface area contributed by atoms with Crippen molar-refractivity contribution >= 4 is 0 Å². The van der Waals surface area contributed by atoms with Crippen LogP contribution in [-0.2, 0) is 4.74 Å². The molecule has 0 saturated heterocycles. The van der Waals surface area contributed by atoms with Gasteiger partial charge in [0.1, 0.15) is 0 Å². The van der Waals surface area contributed by atoms with E-state index < -0.39 is 0 Å². The summed E-state index contributed by atoms with van der Waals surface area (Å²) in [5.41, 5.74) is 0.128. The highest BCUT2D eigenvalue weighted by Gasteiger charge is 2.37. The monoisotopic (exact) mass is 199 g/mol. The van der Waals surface area contributed by atoms with Crippen molar-refractivity contribution in [3.63, 3.8) is 0 Å². The zero-order valence-corrected chi connectivity index (χ0v) is 9.94.